The molecule has 1 aromatic heterocycles. The maximum absolute atomic E-state index is 13.7. The van der Waals surface area contributed by atoms with E-state index in [1.165, 1.54) is 6.07 Å². The van der Waals surface area contributed by atoms with Gasteiger partial charge < -0.3 is 10.3 Å². The van der Waals surface area contributed by atoms with Crippen LogP contribution in [-0.2, 0) is 11.0 Å². The Kier molecular flexibility index (Phi) is 4.80. The van der Waals surface area contributed by atoms with E-state index >= 15 is 0 Å². The predicted octanol–water partition coefficient (Wildman–Crippen LogP) is 4.12. The summed E-state index contributed by atoms with van der Waals surface area (Å²) in [6.07, 6.45) is -0.572. The van der Waals surface area contributed by atoms with Gasteiger partial charge in [-0.15, -0.1) is 0 Å². The summed E-state index contributed by atoms with van der Waals surface area (Å²) in [6, 6.07) is 5.67. The lowest BCUT2D eigenvalue weighted by molar-refractivity contribution is -0.140. The number of hydrogen-bond acceptors (Lipinski definition) is 2. The Labute approximate surface area is 163 Å². The van der Waals surface area contributed by atoms with Crippen LogP contribution in [0.3, 0.4) is 0 Å². The van der Waals surface area contributed by atoms with Crippen LogP contribution in [0, 0.1) is 5.82 Å². The Morgan fingerprint density at radius 3 is 2.41 bits per heavy atom. The van der Waals surface area contributed by atoms with E-state index in [1.807, 2.05) is 0 Å². The molecule has 4 rings (SSSR count). The van der Waals surface area contributed by atoms with Crippen LogP contribution >= 0.6 is 0 Å². The van der Waals surface area contributed by atoms with Crippen LogP contribution in [0.1, 0.15) is 54.0 Å². The van der Waals surface area contributed by atoms with E-state index in [9.17, 15) is 27.2 Å². The fourth-order valence-corrected chi connectivity index (χ4v) is 3.57. The number of aromatic nitrogens is 1. The molecular formula is C21H18F4N2O2. The molecule has 1 saturated heterocycles. The molecular weight excluding hydrogens is 388 g/mol. The van der Waals surface area contributed by atoms with Gasteiger partial charge in [0.05, 0.1) is 5.56 Å². The van der Waals surface area contributed by atoms with Gasteiger partial charge in [-0.1, -0.05) is 18.2 Å². The van der Waals surface area contributed by atoms with Crippen LogP contribution in [-0.4, -0.2) is 16.9 Å². The minimum Gasteiger partial charge on any atom is -0.350 e. The number of carbonyl (C=O) groups excluding carboxylic acids is 1. The van der Waals surface area contributed by atoms with Crippen LogP contribution in [0.15, 0.2) is 41.2 Å². The molecule has 8 heteroatoms. The summed E-state index contributed by atoms with van der Waals surface area (Å²) in [5.41, 5.74) is -0.285. The summed E-state index contributed by atoms with van der Waals surface area (Å²) in [7, 11) is 0. The van der Waals surface area contributed by atoms with Crippen molar-refractivity contribution in [1.82, 2.24) is 10.3 Å². The quantitative estimate of drug-likeness (QED) is 0.751. The van der Waals surface area contributed by atoms with Crippen LogP contribution < -0.4 is 10.9 Å². The molecule has 0 spiro atoms. The van der Waals surface area contributed by atoms with Gasteiger partial charge in [-0.3, -0.25) is 9.59 Å². The highest BCUT2D eigenvalue weighted by Crippen LogP contribution is 2.39. The third-order valence-electron chi connectivity index (χ3n) is 5.23. The molecule has 152 valence electrons. The van der Waals surface area contributed by atoms with Crippen molar-refractivity contribution in [3.8, 4) is 0 Å². The van der Waals surface area contributed by atoms with E-state index < -0.39 is 17.6 Å². The molecule has 0 radical (unpaired) electrons. The number of benzene rings is 1. The highest BCUT2D eigenvalue weighted by atomic mass is 19.4. The summed E-state index contributed by atoms with van der Waals surface area (Å²) in [4.78, 5) is 26.7. The van der Waals surface area contributed by atoms with E-state index in [2.05, 4.69) is 10.3 Å². The van der Waals surface area contributed by atoms with Gasteiger partial charge in [0.15, 0.2) is 0 Å². The predicted molar refractivity (Wildman–Crippen MR) is 98.7 cm³/mol. The first-order valence-electron chi connectivity index (χ1n) is 9.34. The van der Waals surface area contributed by atoms with Crippen molar-refractivity contribution in [2.45, 2.75) is 43.8 Å². The van der Waals surface area contributed by atoms with Gasteiger partial charge in [-0.05, 0) is 48.9 Å². The number of aromatic amines is 1. The molecule has 1 aliphatic carbocycles. The van der Waals surface area contributed by atoms with E-state index in [1.54, 1.807) is 18.2 Å². The van der Waals surface area contributed by atoms with Crippen molar-refractivity contribution in [1.29, 1.82) is 0 Å². The van der Waals surface area contributed by atoms with Gasteiger partial charge in [-0.2, -0.15) is 13.2 Å². The number of H-pyrrole nitrogens is 1. The van der Waals surface area contributed by atoms with E-state index in [0.717, 1.165) is 25.0 Å². The summed E-state index contributed by atoms with van der Waals surface area (Å²) >= 11 is 0. The first-order valence-corrected chi connectivity index (χ1v) is 9.34. The molecule has 4 nitrogen and oxygen atoms in total. The Morgan fingerprint density at radius 2 is 1.83 bits per heavy atom. The number of pyridine rings is 1. The zero-order valence-corrected chi connectivity index (χ0v) is 15.3. The van der Waals surface area contributed by atoms with Crippen molar-refractivity contribution in [3.63, 3.8) is 0 Å². The fraction of sp³-hybridized carbons (Fsp3) is 0.333. The lowest BCUT2D eigenvalue weighted by Gasteiger charge is -2.15. The number of alkyl halides is 3. The SMILES string of the molecule is O=C1CC[C@H](/C=C(/c2ccc(F)c(C(F)(F)F)c2)c2ccc(C3CC3)c(=O)[nH]2)N1. The smallest absolute Gasteiger partial charge is 0.350 e. The first-order chi connectivity index (χ1) is 13.7. The summed E-state index contributed by atoms with van der Waals surface area (Å²) in [6.45, 7) is 0. The van der Waals surface area contributed by atoms with Crippen molar-refractivity contribution in [3.05, 3.63) is 75.0 Å². The molecule has 1 atom stereocenters. The van der Waals surface area contributed by atoms with Crippen molar-refractivity contribution >= 4 is 11.5 Å². The highest BCUT2D eigenvalue weighted by molar-refractivity contribution is 5.82. The fourth-order valence-electron chi connectivity index (χ4n) is 3.57. The maximum atomic E-state index is 13.7. The molecule has 1 saturated carbocycles. The van der Waals surface area contributed by atoms with Gasteiger partial charge in [-0.25, -0.2) is 4.39 Å². The number of amides is 1. The highest BCUT2D eigenvalue weighted by Gasteiger charge is 2.34. The van der Waals surface area contributed by atoms with Crippen LogP contribution in [0.25, 0.3) is 5.57 Å². The second-order valence-electron chi connectivity index (χ2n) is 7.42. The number of hydrogen-bond donors (Lipinski definition) is 2. The van der Waals surface area contributed by atoms with Gasteiger partial charge in [0, 0.05) is 29.3 Å². The average Bonchev–Trinajstić information content (AvgIpc) is 3.41. The average molecular weight is 406 g/mol. The van der Waals surface area contributed by atoms with E-state index in [4.69, 9.17) is 0 Å². The van der Waals surface area contributed by atoms with E-state index in [0.29, 0.717) is 29.7 Å². The lowest BCUT2D eigenvalue weighted by atomic mass is 9.96. The summed E-state index contributed by atoms with van der Waals surface area (Å²) in [5.74, 6) is -1.30. The summed E-state index contributed by atoms with van der Waals surface area (Å²) < 4.78 is 53.3. The van der Waals surface area contributed by atoms with Crippen LogP contribution in [0.4, 0.5) is 17.6 Å². The molecule has 1 aliphatic heterocycles. The van der Waals surface area contributed by atoms with Gasteiger partial charge >= 0.3 is 6.18 Å². The largest absolute Gasteiger partial charge is 0.419 e. The normalized spacial score (nSPS) is 20.1. The second-order valence-corrected chi connectivity index (χ2v) is 7.42. The molecule has 0 unspecified atom stereocenters. The standard InChI is InChI=1S/C21H18F4N2O2/c22-17-6-3-12(9-16(17)21(23,24)25)15(10-13-4-8-19(28)26-13)18-7-5-14(11-1-2-11)20(29)27-18/h3,5-7,9-11,13H,1-2,4,8H2,(H,26,28)(H,27,29)/b15-10-/t13-/m1/s1. The molecule has 2 aliphatic rings. The Morgan fingerprint density at radius 1 is 1.07 bits per heavy atom. The number of rotatable bonds is 4. The first kappa shape index (κ1) is 19.4. The zero-order valence-electron chi connectivity index (χ0n) is 15.3. The molecule has 1 aromatic carbocycles. The van der Waals surface area contributed by atoms with Crippen molar-refractivity contribution < 1.29 is 22.4 Å². The van der Waals surface area contributed by atoms with Crippen molar-refractivity contribution in [2.24, 2.45) is 0 Å². The summed E-state index contributed by atoms with van der Waals surface area (Å²) in [5, 5.41) is 2.73. The number of nitrogens with one attached hydrogen (secondary N) is 2. The Bertz CT molecular complexity index is 1050. The lowest BCUT2D eigenvalue weighted by Crippen LogP contribution is -2.24. The number of carbonyl (C=O) groups is 1. The molecule has 2 aromatic rings. The third-order valence-corrected chi connectivity index (χ3v) is 5.23. The number of halogens is 4. The molecule has 2 fully saturated rings. The van der Waals surface area contributed by atoms with Crippen molar-refractivity contribution in [2.75, 3.05) is 0 Å². The molecule has 1 amide bonds. The van der Waals surface area contributed by atoms with Gasteiger partial charge in [0.2, 0.25) is 5.91 Å². The molecule has 0 bridgehead atoms. The van der Waals surface area contributed by atoms with Gasteiger partial charge in [0.1, 0.15) is 5.82 Å². The maximum Gasteiger partial charge on any atom is 0.419 e. The zero-order chi connectivity index (χ0) is 20.8. The minimum absolute atomic E-state index is 0.106. The molecule has 2 N–H and O–H groups in total. The Hall–Kier alpha value is -2.90. The molecule has 2 heterocycles. The van der Waals surface area contributed by atoms with Crippen LogP contribution in [0.2, 0.25) is 0 Å². The topological polar surface area (TPSA) is 62.0 Å². The van der Waals surface area contributed by atoms with Crippen LogP contribution in [0.5, 0.6) is 0 Å². The van der Waals surface area contributed by atoms with Gasteiger partial charge in [0.25, 0.3) is 5.56 Å². The second kappa shape index (κ2) is 7.17. The third kappa shape index (κ3) is 4.11. The Balaban J connectivity index is 1.81. The molecule has 29 heavy (non-hydrogen) atoms. The minimum atomic E-state index is -4.85. The monoisotopic (exact) mass is 406 g/mol. The van der Waals surface area contributed by atoms with E-state index in [-0.39, 0.29) is 29.0 Å².